The Kier molecular flexibility index (Phi) is 4.60. The molecule has 2 rings (SSSR count). The Labute approximate surface area is 126 Å². The first-order valence-corrected chi connectivity index (χ1v) is 7.83. The lowest BCUT2D eigenvalue weighted by molar-refractivity contribution is 0.625. The molecule has 2 N–H and O–H groups in total. The predicted octanol–water partition coefficient (Wildman–Crippen LogP) is 4.13. The fourth-order valence-corrected chi connectivity index (χ4v) is 3.68. The summed E-state index contributed by atoms with van der Waals surface area (Å²) in [6.07, 6.45) is 0. The third-order valence-electron chi connectivity index (χ3n) is 2.42. The van der Waals surface area contributed by atoms with Crippen LogP contribution in [0.5, 0.6) is 0 Å². The molecule has 100 valence electrons. The summed E-state index contributed by atoms with van der Waals surface area (Å²) < 4.78 is 26.1. The Morgan fingerprint density at radius 1 is 1.26 bits per heavy atom. The first-order valence-electron chi connectivity index (χ1n) is 5.34. The molecule has 6 heteroatoms. The van der Waals surface area contributed by atoms with E-state index in [9.17, 15) is 8.60 Å². The fraction of sp³-hybridized carbons (Fsp3) is 0.0769. The summed E-state index contributed by atoms with van der Waals surface area (Å²) in [5.41, 5.74) is 6.77. The molecule has 0 radical (unpaired) electrons. The third kappa shape index (κ3) is 3.78. The molecule has 0 saturated heterocycles. The van der Waals surface area contributed by atoms with Gasteiger partial charge in [-0.25, -0.2) is 4.39 Å². The van der Waals surface area contributed by atoms with Crippen molar-refractivity contribution in [2.75, 3.05) is 5.73 Å². The van der Waals surface area contributed by atoms with Gasteiger partial charge in [-0.05, 0) is 42.0 Å². The van der Waals surface area contributed by atoms with Crippen molar-refractivity contribution in [3.8, 4) is 0 Å². The molecule has 0 amide bonds. The second-order valence-electron chi connectivity index (χ2n) is 3.96. The number of nitrogens with two attached hydrogens (primary N) is 1. The first-order chi connectivity index (χ1) is 8.95. The molecule has 2 aromatic carbocycles. The van der Waals surface area contributed by atoms with E-state index in [4.69, 9.17) is 17.3 Å². The highest BCUT2D eigenvalue weighted by Crippen LogP contribution is 2.25. The fourth-order valence-electron chi connectivity index (χ4n) is 1.62. The summed E-state index contributed by atoms with van der Waals surface area (Å²) in [6, 6.07) is 9.24. The molecule has 0 spiro atoms. The zero-order chi connectivity index (χ0) is 14.0. The van der Waals surface area contributed by atoms with Crippen molar-refractivity contribution in [3.63, 3.8) is 0 Å². The molecule has 0 heterocycles. The van der Waals surface area contributed by atoms with Gasteiger partial charge < -0.3 is 5.73 Å². The minimum atomic E-state index is -1.37. The van der Waals surface area contributed by atoms with Crippen molar-refractivity contribution < 1.29 is 8.60 Å². The Balaban J connectivity index is 2.28. The van der Waals surface area contributed by atoms with Crippen molar-refractivity contribution in [1.82, 2.24) is 0 Å². The van der Waals surface area contributed by atoms with Crippen LogP contribution < -0.4 is 5.73 Å². The summed E-state index contributed by atoms with van der Waals surface area (Å²) in [7, 11) is -1.37. The van der Waals surface area contributed by atoms with Gasteiger partial charge in [-0.1, -0.05) is 27.5 Å². The van der Waals surface area contributed by atoms with Crippen molar-refractivity contribution in [2.24, 2.45) is 0 Å². The van der Waals surface area contributed by atoms with E-state index in [0.29, 0.717) is 25.6 Å². The summed E-state index contributed by atoms with van der Waals surface area (Å²) in [4.78, 5) is 0.460. The second kappa shape index (κ2) is 6.03. The summed E-state index contributed by atoms with van der Waals surface area (Å²) in [5, 5.41) is 0.392. The number of nitrogen functional groups attached to an aromatic ring is 1. The normalized spacial score (nSPS) is 12.4. The van der Waals surface area contributed by atoms with Crippen LogP contribution in [0.25, 0.3) is 0 Å². The maximum Gasteiger partial charge on any atom is 0.124 e. The average Bonchev–Trinajstić information content (AvgIpc) is 2.30. The summed E-state index contributed by atoms with van der Waals surface area (Å²) in [5.74, 6) is -0.195. The van der Waals surface area contributed by atoms with Crippen LogP contribution in [0.4, 0.5) is 10.1 Å². The molecule has 0 aliphatic heterocycles. The van der Waals surface area contributed by atoms with Crippen molar-refractivity contribution in [2.45, 2.75) is 10.6 Å². The lowest BCUT2D eigenvalue weighted by Crippen LogP contribution is -1.99. The number of rotatable bonds is 3. The van der Waals surface area contributed by atoms with Crippen molar-refractivity contribution in [1.29, 1.82) is 0 Å². The Hall–Kier alpha value is -0.910. The molecule has 1 atom stereocenters. The van der Waals surface area contributed by atoms with Gasteiger partial charge in [-0.15, -0.1) is 0 Å². The zero-order valence-corrected chi connectivity index (χ0v) is 12.9. The SMILES string of the molecule is Nc1ccc(Cl)c(S(=O)Cc2cc(F)cc(Br)c2)c1. The first kappa shape index (κ1) is 14.5. The topological polar surface area (TPSA) is 43.1 Å². The minimum Gasteiger partial charge on any atom is -0.399 e. The Morgan fingerprint density at radius 3 is 2.68 bits per heavy atom. The van der Waals surface area contributed by atoms with Gasteiger partial charge in [-0.2, -0.15) is 0 Å². The van der Waals surface area contributed by atoms with E-state index >= 15 is 0 Å². The highest BCUT2D eigenvalue weighted by molar-refractivity contribution is 9.10. The van der Waals surface area contributed by atoms with Crippen LogP contribution >= 0.6 is 27.5 Å². The lowest BCUT2D eigenvalue weighted by atomic mass is 10.2. The molecule has 0 saturated carbocycles. The highest BCUT2D eigenvalue weighted by Gasteiger charge is 2.11. The van der Waals surface area contributed by atoms with Gasteiger partial charge >= 0.3 is 0 Å². The van der Waals surface area contributed by atoms with Gasteiger partial charge in [0.1, 0.15) is 5.82 Å². The van der Waals surface area contributed by atoms with Gasteiger partial charge in [0, 0.05) is 10.2 Å². The number of hydrogen-bond acceptors (Lipinski definition) is 2. The lowest BCUT2D eigenvalue weighted by Gasteiger charge is -2.06. The number of halogens is 3. The standard InChI is InChI=1S/C13H10BrClFNOS/c14-9-3-8(4-10(16)5-9)7-19(18)13-6-11(17)1-2-12(13)15/h1-6H,7,17H2. The van der Waals surface area contributed by atoms with Gasteiger partial charge in [0.25, 0.3) is 0 Å². The number of benzene rings is 2. The van der Waals surface area contributed by atoms with Crippen molar-refractivity contribution >= 4 is 44.0 Å². The van der Waals surface area contributed by atoms with Gasteiger partial charge in [0.15, 0.2) is 0 Å². The largest absolute Gasteiger partial charge is 0.399 e. The minimum absolute atomic E-state index is 0.180. The second-order valence-corrected chi connectivity index (χ2v) is 6.70. The quantitative estimate of drug-likeness (QED) is 0.834. The smallest absolute Gasteiger partial charge is 0.124 e. The van der Waals surface area contributed by atoms with Crippen LogP contribution in [0.2, 0.25) is 5.02 Å². The molecule has 2 nitrogen and oxygen atoms in total. The Bertz CT molecular complexity index is 630. The summed E-state index contributed by atoms with van der Waals surface area (Å²) in [6.45, 7) is 0. The van der Waals surface area contributed by atoms with Gasteiger partial charge in [-0.3, -0.25) is 4.21 Å². The molecule has 0 bridgehead atoms. The van der Waals surface area contributed by atoms with Crippen LogP contribution in [-0.4, -0.2) is 4.21 Å². The monoisotopic (exact) mass is 361 g/mol. The zero-order valence-electron chi connectivity index (χ0n) is 9.70. The molecule has 0 aliphatic rings. The van der Waals surface area contributed by atoms with Crippen LogP contribution in [0, 0.1) is 5.82 Å². The molecule has 0 fully saturated rings. The van der Waals surface area contributed by atoms with Crippen molar-refractivity contribution in [3.05, 3.63) is 57.3 Å². The van der Waals surface area contributed by atoms with Crippen LogP contribution in [0.1, 0.15) is 5.56 Å². The maximum absolute atomic E-state index is 13.2. The van der Waals surface area contributed by atoms with E-state index in [0.717, 1.165) is 0 Å². The Morgan fingerprint density at radius 2 is 2.00 bits per heavy atom. The maximum atomic E-state index is 13.2. The average molecular weight is 363 g/mol. The van der Waals surface area contributed by atoms with E-state index in [-0.39, 0.29) is 11.6 Å². The van der Waals surface area contributed by atoms with E-state index in [1.54, 1.807) is 24.3 Å². The molecular weight excluding hydrogens is 353 g/mol. The highest BCUT2D eigenvalue weighted by atomic mass is 79.9. The van der Waals surface area contributed by atoms with E-state index in [2.05, 4.69) is 15.9 Å². The van der Waals surface area contributed by atoms with E-state index in [1.165, 1.54) is 12.1 Å². The molecular formula is C13H10BrClFNOS. The molecule has 1 unspecified atom stereocenters. The molecule has 0 aliphatic carbocycles. The van der Waals surface area contributed by atoms with Gasteiger partial charge in [0.05, 0.1) is 26.5 Å². The molecule has 0 aromatic heterocycles. The van der Waals surface area contributed by atoms with Crippen LogP contribution in [0.3, 0.4) is 0 Å². The van der Waals surface area contributed by atoms with Gasteiger partial charge in [0.2, 0.25) is 0 Å². The van der Waals surface area contributed by atoms with Crippen LogP contribution in [0.15, 0.2) is 45.8 Å². The molecule has 2 aromatic rings. The third-order valence-corrected chi connectivity index (χ3v) is 4.74. The van der Waals surface area contributed by atoms with E-state index in [1.807, 2.05) is 0 Å². The predicted molar refractivity (Wildman–Crippen MR) is 80.1 cm³/mol. The molecule has 19 heavy (non-hydrogen) atoms. The van der Waals surface area contributed by atoms with Crippen LogP contribution in [-0.2, 0) is 16.6 Å². The number of anilines is 1. The van der Waals surface area contributed by atoms with E-state index < -0.39 is 10.8 Å². The number of hydrogen-bond donors (Lipinski definition) is 1. The summed E-state index contributed by atoms with van der Waals surface area (Å²) >= 11 is 9.19.